The van der Waals surface area contributed by atoms with Crippen molar-refractivity contribution in [3.63, 3.8) is 0 Å². The van der Waals surface area contributed by atoms with Gasteiger partial charge in [-0.05, 0) is 38.5 Å². The van der Waals surface area contributed by atoms with Gasteiger partial charge in [0.1, 0.15) is 5.60 Å². The molecule has 1 amide bonds. The highest BCUT2D eigenvalue weighted by molar-refractivity contribution is 9.10. The Labute approximate surface area is 128 Å². The third kappa shape index (κ3) is 7.28. The van der Waals surface area contributed by atoms with Crippen LogP contribution in [0.5, 0.6) is 0 Å². The first-order valence-corrected chi connectivity index (χ1v) is 7.28. The second-order valence-electron chi connectivity index (χ2n) is 5.49. The molecule has 5 heteroatoms. The fraction of sp³-hybridized carbons (Fsp3) is 0.467. The zero-order valence-corrected chi connectivity index (χ0v) is 13.6. The van der Waals surface area contributed by atoms with Gasteiger partial charge in [0.2, 0.25) is 5.91 Å². The van der Waals surface area contributed by atoms with E-state index in [9.17, 15) is 9.59 Å². The van der Waals surface area contributed by atoms with Crippen molar-refractivity contribution in [1.82, 2.24) is 5.32 Å². The minimum atomic E-state index is -0.510. The van der Waals surface area contributed by atoms with Crippen LogP contribution in [0.25, 0.3) is 0 Å². The number of amides is 1. The Morgan fingerprint density at radius 2 is 1.95 bits per heavy atom. The summed E-state index contributed by atoms with van der Waals surface area (Å²) in [6.45, 7) is 5.86. The molecule has 0 radical (unpaired) electrons. The summed E-state index contributed by atoms with van der Waals surface area (Å²) in [5.41, 5.74) is 0.495. The highest BCUT2D eigenvalue weighted by Crippen LogP contribution is 2.11. The molecule has 0 heterocycles. The number of esters is 1. The molecule has 0 saturated heterocycles. The summed E-state index contributed by atoms with van der Waals surface area (Å²) in [6.07, 6.45) is 0.241. The Morgan fingerprint density at radius 1 is 1.25 bits per heavy atom. The fourth-order valence-electron chi connectivity index (χ4n) is 1.54. The molecule has 0 spiro atoms. The van der Waals surface area contributed by atoms with E-state index in [1.807, 2.05) is 24.3 Å². The van der Waals surface area contributed by atoms with Crippen LogP contribution in [0.4, 0.5) is 0 Å². The molecule has 1 aromatic rings. The van der Waals surface area contributed by atoms with Crippen LogP contribution < -0.4 is 5.32 Å². The molecule has 20 heavy (non-hydrogen) atoms. The van der Waals surface area contributed by atoms with Gasteiger partial charge in [-0.25, -0.2) is 0 Å². The Morgan fingerprint density at radius 3 is 2.55 bits per heavy atom. The van der Waals surface area contributed by atoms with E-state index in [0.29, 0.717) is 6.54 Å². The lowest BCUT2D eigenvalue weighted by molar-refractivity contribution is -0.155. The molecule has 0 aromatic heterocycles. The number of rotatable bonds is 5. The van der Waals surface area contributed by atoms with E-state index in [1.54, 1.807) is 20.8 Å². The number of hydrogen-bond acceptors (Lipinski definition) is 3. The van der Waals surface area contributed by atoms with E-state index < -0.39 is 5.60 Å². The van der Waals surface area contributed by atoms with Crippen molar-refractivity contribution < 1.29 is 14.3 Å². The van der Waals surface area contributed by atoms with Gasteiger partial charge in [-0.3, -0.25) is 9.59 Å². The van der Waals surface area contributed by atoms with E-state index in [4.69, 9.17) is 4.74 Å². The molecule has 0 atom stereocenters. The zero-order chi connectivity index (χ0) is 15.2. The van der Waals surface area contributed by atoms with E-state index in [0.717, 1.165) is 10.0 Å². The average molecular weight is 342 g/mol. The summed E-state index contributed by atoms with van der Waals surface area (Å²) in [4.78, 5) is 23.1. The molecule has 1 aromatic carbocycles. The van der Waals surface area contributed by atoms with Crippen molar-refractivity contribution in [2.75, 3.05) is 0 Å². The second-order valence-corrected chi connectivity index (χ2v) is 6.41. The quantitative estimate of drug-likeness (QED) is 0.836. The summed E-state index contributed by atoms with van der Waals surface area (Å²) in [5.74, 6) is -0.508. The standard InChI is InChI=1S/C15H20BrNO3/c1-15(2,3)20-14(19)8-7-13(18)17-10-11-5-4-6-12(16)9-11/h4-6,9H,7-8,10H2,1-3H3,(H,17,18). The normalized spacial score (nSPS) is 11.0. The van der Waals surface area contributed by atoms with Crippen molar-refractivity contribution in [1.29, 1.82) is 0 Å². The van der Waals surface area contributed by atoms with Crippen molar-refractivity contribution in [3.8, 4) is 0 Å². The number of hydrogen-bond donors (Lipinski definition) is 1. The lowest BCUT2D eigenvalue weighted by Crippen LogP contribution is -2.26. The van der Waals surface area contributed by atoms with Gasteiger partial charge in [-0.15, -0.1) is 0 Å². The summed E-state index contributed by atoms with van der Waals surface area (Å²) in [5, 5.41) is 2.78. The molecular formula is C15H20BrNO3. The number of carbonyl (C=O) groups excluding carboxylic acids is 2. The van der Waals surface area contributed by atoms with Crippen LogP contribution >= 0.6 is 15.9 Å². The van der Waals surface area contributed by atoms with Crippen molar-refractivity contribution in [2.45, 2.75) is 45.8 Å². The minimum Gasteiger partial charge on any atom is -0.460 e. The number of ether oxygens (including phenoxy) is 1. The maximum absolute atomic E-state index is 11.6. The van der Waals surface area contributed by atoms with Crippen LogP contribution in [0.2, 0.25) is 0 Å². The number of halogens is 1. The second kappa shape index (κ2) is 7.43. The van der Waals surface area contributed by atoms with Crippen LogP contribution in [-0.2, 0) is 20.9 Å². The van der Waals surface area contributed by atoms with Gasteiger partial charge in [-0.1, -0.05) is 28.1 Å². The number of carbonyl (C=O) groups is 2. The van der Waals surface area contributed by atoms with Gasteiger partial charge in [0.25, 0.3) is 0 Å². The van der Waals surface area contributed by atoms with E-state index >= 15 is 0 Å². The predicted molar refractivity (Wildman–Crippen MR) is 81.1 cm³/mol. The number of benzene rings is 1. The molecule has 1 N–H and O–H groups in total. The van der Waals surface area contributed by atoms with Crippen LogP contribution in [0, 0.1) is 0 Å². The van der Waals surface area contributed by atoms with Crippen LogP contribution in [-0.4, -0.2) is 17.5 Å². The van der Waals surface area contributed by atoms with E-state index in [2.05, 4.69) is 21.2 Å². The average Bonchev–Trinajstić information content (AvgIpc) is 2.32. The van der Waals surface area contributed by atoms with Crippen LogP contribution in [0.15, 0.2) is 28.7 Å². The Bertz CT molecular complexity index is 480. The molecule has 0 fully saturated rings. The van der Waals surface area contributed by atoms with Gasteiger partial charge in [-0.2, -0.15) is 0 Å². The first kappa shape index (κ1) is 16.7. The molecule has 0 aliphatic carbocycles. The SMILES string of the molecule is CC(C)(C)OC(=O)CCC(=O)NCc1cccc(Br)c1. The van der Waals surface area contributed by atoms with Gasteiger partial charge >= 0.3 is 5.97 Å². The third-order valence-corrected chi connectivity index (χ3v) is 2.85. The Kier molecular flexibility index (Phi) is 6.20. The first-order chi connectivity index (χ1) is 9.26. The van der Waals surface area contributed by atoms with E-state index in [-0.39, 0.29) is 24.7 Å². The van der Waals surface area contributed by atoms with Gasteiger partial charge in [0.05, 0.1) is 6.42 Å². The van der Waals surface area contributed by atoms with E-state index in [1.165, 1.54) is 0 Å². The van der Waals surface area contributed by atoms with Crippen LogP contribution in [0.3, 0.4) is 0 Å². The highest BCUT2D eigenvalue weighted by Gasteiger charge is 2.16. The topological polar surface area (TPSA) is 55.4 Å². The molecular weight excluding hydrogens is 322 g/mol. The molecule has 0 aliphatic heterocycles. The molecule has 4 nitrogen and oxygen atoms in total. The largest absolute Gasteiger partial charge is 0.460 e. The maximum atomic E-state index is 11.6. The zero-order valence-electron chi connectivity index (χ0n) is 12.0. The monoisotopic (exact) mass is 341 g/mol. The number of nitrogens with one attached hydrogen (secondary N) is 1. The predicted octanol–water partition coefficient (Wildman–Crippen LogP) is 3.19. The summed E-state index contributed by atoms with van der Waals surface area (Å²) in [7, 11) is 0. The molecule has 0 unspecified atom stereocenters. The molecule has 1 rings (SSSR count). The Hall–Kier alpha value is -1.36. The lowest BCUT2D eigenvalue weighted by Gasteiger charge is -2.19. The molecule has 0 saturated carbocycles. The van der Waals surface area contributed by atoms with Gasteiger partial charge in [0, 0.05) is 17.4 Å². The van der Waals surface area contributed by atoms with Gasteiger partial charge < -0.3 is 10.1 Å². The molecule has 0 aliphatic rings. The summed E-state index contributed by atoms with van der Waals surface area (Å²) < 4.78 is 6.11. The Balaban J connectivity index is 2.29. The molecule has 110 valence electrons. The summed E-state index contributed by atoms with van der Waals surface area (Å²) in [6, 6.07) is 7.70. The minimum absolute atomic E-state index is 0.0988. The third-order valence-electron chi connectivity index (χ3n) is 2.35. The highest BCUT2D eigenvalue weighted by atomic mass is 79.9. The maximum Gasteiger partial charge on any atom is 0.306 e. The fourth-order valence-corrected chi connectivity index (χ4v) is 1.99. The van der Waals surface area contributed by atoms with Gasteiger partial charge in [0.15, 0.2) is 0 Å². The van der Waals surface area contributed by atoms with Crippen molar-refractivity contribution in [2.24, 2.45) is 0 Å². The van der Waals surface area contributed by atoms with Crippen molar-refractivity contribution in [3.05, 3.63) is 34.3 Å². The van der Waals surface area contributed by atoms with Crippen molar-refractivity contribution >= 4 is 27.8 Å². The first-order valence-electron chi connectivity index (χ1n) is 6.49. The smallest absolute Gasteiger partial charge is 0.306 e. The lowest BCUT2D eigenvalue weighted by atomic mass is 10.2. The van der Waals surface area contributed by atoms with Crippen LogP contribution in [0.1, 0.15) is 39.2 Å². The molecule has 0 bridgehead atoms. The summed E-state index contributed by atoms with van der Waals surface area (Å²) >= 11 is 3.37.